The average molecular weight is 751 g/mol. The Balaban J connectivity index is 1.04. The second-order valence-corrected chi connectivity index (χ2v) is 16.2. The number of anilines is 2. The first-order valence-electron chi connectivity index (χ1n) is 19.3. The smallest absolute Gasteiger partial charge is 0.205 e. The minimum absolute atomic E-state index is 0.536. The van der Waals surface area contributed by atoms with Crippen LogP contribution in [0.5, 0.6) is 0 Å². The van der Waals surface area contributed by atoms with E-state index < -0.39 is 0 Å². The van der Waals surface area contributed by atoms with Gasteiger partial charge in [0.15, 0.2) is 12.4 Å². The molecule has 0 amide bonds. The number of allylic oxidation sites excluding steroid dienone is 3. The lowest BCUT2D eigenvalue weighted by atomic mass is 10.00. The third-order valence-electron chi connectivity index (χ3n) is 9.76. The van der Waals surface area contributed by atoms with Crippen molar-refractivity contribution in [2.45, 2.75) is 39.9 Å². The van der Waals surface area contributed by atoms with Crippen LogP contribution in [0.4, 0.5) is 11.4 Å². The Bertz CT molecular complexity index is 1980. The summed E-state index contributed by atoms with van der Waals surface area (Å²) in [5.74, 6) is 2.66. The molecule has 2 heterocycles. The van der Waals surface area contributed by atoms with Gasteiger partial charge < -0.3 is 9.80 Å². The van der Waals surface area contributed by atoms with Gasteiger partial charge in [-0.1, -0.05) is 100 Å². The maximum Gasteiger partial charge on any atom is 0.205 e. The summed E-state index contributed by atoms with van der Waals surface area (Å²) in [5, 5.41) is 0. The molecule has 0 bridgehead atoms. The number of pyridine rings is 2. The number of hydrogen-bond acceptors (Lipinski definition) is 4. The first-order chi connectivity index (χ1) is 26.7. The van der Waals surface area contributed by atoms with Crippen molar-refractivity contribution in [3.8, 4) is 0 Å². The molecule has 4 nitrogen and oxygen atoms in total. The van der Waals surface area contributed by atoms with E-state index in [9.17, 15) is 0 Å². The van der Waals surface area contributed by atoms with E-state index in [1.54, 1.807) is 0 Å². The van der Waals surface area contributed by atoms with Crippen LogP contribution in [0, 0.1) is 5.92 Å². The lowest BCUT2D eigenvalue weighted by Crippen LogP contribution is -2.34. The monoisotopic (exact) mass is 750 g/mol. The maximum atomic E-state index is 2.58. The summed E-state index contributed by atoms with van der Waals surface area (Å²) in [6, 6.07) is 41.7. The standard InChI is InChI=1S/C48H54N4S2/c1-3-49-33-13-11-19-45(49)27-21-41-23-29-47(30-24-41)51(39-43-15-7-5-8-16-43)35-37-53-54-38-36-52(40-44-17-9-6-10-18-44)48-31-25-42(26-32-48)22-28-46-20-12-14-34-50(46)4-2/h5-17,19-34,44H,3-4,18,35-40H2,1-2H3/q+2. The van der Waals surface area contributed by atoms with Crippen LogP contribution in [-0.4, -0.2) is 31.1 Å². The summed E-state index contributed by atoms with van der Waals surface area (Å²) in [5.41, 5.74) is 8.75. The summed E-state index contributed by atoms with van der Waals surface area (Å²) in [7, 11) is 3.99. The number of nitrogens with zero attached hydrogens (tertiary/aromatic N) is 4. The predicted molar refractivity (Wildman–Crippen MR) is 236 cm³/mol. The molecular formula is C48H54N4S2+2. The lowest BCUT2D eigenvalue weighted by Gasteiger charge is -2.29. The Morgan fingerprint density at radius 3 is 1.67 bits per heavy atom. The number of benzene rings is 3. The third-order valence-corrected chi connectivity index (χ3v) is 12.1. The van der Waals surface area contributed by atoms with Gasteiger partial charge in [-0.2, -0.15) is 9.13 Å². The molecular weight excluding hydrogens is 697 g/mol. The molecule has 0 saturated heterocycles. The van der Waals surface area contributed by atoms with Gasteiger partial charge in [-0.3, -0.25) is 0 Å². The van der Waals surface area contributed by atoms with Gasteiger partial charge in [-0.15, -0.1) is 0 Å². The van der Waals surface area contributed by atoms with E-state index in [-0.39, 0.29) is 0 Å². The van der Waals surface area contributed by atoms with Crippen LogP contribution < -0.4 is 18.9 Å². The Morgan fingerprint density at radius 2 is 1.13 bits per heavy atom. The highest BCUT2D eigenvalue weighted by Crippen LogP contribution is 2.27. The van der Waals surface area contributed by atoms with E-state index in [1.807, 2.05) is 21.6 Å². The van der Waals surface area contributed by atoms with E-state index in [0.29, 0.717) is 5.92 Å². The van der Waals surface area contributed by atoms with Crippen molar-refractivity contribution >= 4 is 57.3 Å². The van der Waals surface area contributed by atoms with Crippen molar-refractivity contribution in [2.24, 2.45) is 5.92 Å². The molecule has 1 unspecified atom stereocenters. The van der Waals surface area contributed by atoms with Gasteiger partial charge in [0, 0.05) is 85.5 Å². The van der Waals surface area contributed by atoms with Gasteiger partial charge in [-0.25, -0.2) is 0 Å². The largest absolute Gasteiger partial charge is 0.370 e. The molecule has 54 heavy (non-hydrogen) atoms. The first kappa shape index (κ1) is 38.9. The average Bonchev–Trinajstić information content (AvgIpc) is 3.24. The van der Waals surface area contributed by atoms with Crippen LogP contribution in [0.1, 0.15) is 48.3 Å². The first-order valence-corrected chi connectivity index (χ1v) is 21.8. The Kier molecular flexibility index (Phi) is 15.3. The summed E-state index contributed by atoms with van der Waals surface area (Å²) in [6.45, 7) is 10.2. The molecule has 3 aromatic carbocycles. The van der Waals surface area contributed by atoms with Gasteiger partial charge >= 0.3 is 0 Å². The minimum atomic E-state index is 0.536. The number of rotatable bonds is 19. The highest BCUT2D eigenvalue weighted by molar-refractivity contribution is 8.76. The number of aromatic nitrogens is 2. The highest BCUT2D eigenvalue weighted by Gasteiger charge is 2.14. The molecule has 0 spiro atoms. The fourth-order valence-corrected chi connectivity index (χ4v) is 8.69. The molecule has 0 saturated carbocycles. The van der Waals surface area contributed by atoms with Crippen LogP contribution in [0.2, 0.25) is 0 Å². The van der Waals surface area contributed by atoms with Gasteiger partial charge in [0.25, 0.3) is 0 Å². The van der Waals surface area contributed by atoms with Crippen LogP contribution in [-0.2, 0) is 19.6 Å². The van der Waals surface area contributed by atoms with Gasteiger partial charge in [0.2, 0.25) is 11.4 Å². The quantitative estimate of drug-likeness (QED) is 0.0474. The summed E-state index contributed by atoms with van der Waals surface area (Å²) in [6.07, 6.45) is 23.3. The van der Waals surface area contributed by atoms with E-state index >= 15 is 0 Å². The van der Waals surface area contributed by atoms with E-state index in [4.69, 9.17) is 0 Å². The molecule has 0 radical (unpaired) electrons. The molecule has 1 atom stereocenters. The normalized spacial score (nSPS) is 13.9. The Hall–Kier alpha value is -4.78. The molecule has 6 heteroatoms. The Morgan fingerprint density at radius 1 is 0.593 bits per heavy atom. The highest BCUT2D eigenvalue weighted by atomic mass is 33.1. The zero-order valence-corrected chi connectivity index (χ0v) is 33.4. The van der Waals surface area contributed by atoms with Gasteiger partial charge in [0.05, 0.1) is 0 Å². The van der Waals surface area contributed by atoms with Gasteiger partial charge in [0.1, 0.15) is 13.1 Å². The summed E-state index contributed by atoms with van der Waals surface area (Å²) >= 11 is 0. The summed E-state index contributed by atoms with van der Waals surface area (Å²) in [4.78, 5) is 5.10. The topological polar surface area (TPSA) is 14.2 Å². The van der Waals surface area contributed by atoms with E-state index in [2.05, 4.69) is 209 Å². The molecule has 1 aliphatic carbocycles. The fraction of sp³-hybridized carbons (Fsp3) is 0.250. The molecule has 0 fully saturated rings. The predicted octanol–water partition coefficient (Wildman–Crippen LogP) is 10.7. The maximum absolute atomic E-state index is 2.58. The molecule has 0 N–H and O–H groups in total. The number of aryl methyl sites for hydroxylation is 2. The molecule has 1 aliphatic rings. The number of hydrogen-bond donors (Lipinski definition) is 0. The second-order valence-electron chi connectivity index (χ2n) is 13.5. The van der Waals surface area contributed by atoms with Gasteiger partial charge in [-0.05, 0) is 91.4 Å². The second kappa shape index (κ2) is 21.2. The van der Waals surface area contributed by atoms with Crippen LogP contribution in [0.3, 0.4) is 0 Å². The SMILES string of the molecule is CC[n+]1ccccc1/C=C/c1ccc(N(CCSSCCN(CC2C=CC=CC2)c2ccc(/C=C/c3cccc[n+]3CC)cc2)Cc2ccccc2)cc1. The van der Waals surface area contributed by atoms with Crippen LogP contribution in [0.25, 0.3) is 24.3 Å². The van der Waals surface area contributed by atoms with Crippen molar-refractivity contribution in [2.75, 3.05) is 40.9 Å². The fourth-order valence-electron chi connectivity index (χ4n) is 6.71. The van der Waals surface area contributed by atoms with Crippen molar-refractivity contribution in [1.29, 1.82) is 0 Å². The van der Waals surface area contributed by atoms with Crippen molar-refractivity contribution in [3.05, 3.63) is 180 Å². The van der Waals surface area contributed by atoms with Crippen LogP contribution >= 0.6 is 21.6 Å². The molecule has 0 aliphatic heterocycles. The lowest BCUT2D eigenvalue weighted by molar-refractivity contribution is -0.695. The van der Waals surface area contributed by atoms with E-state index in [1.165, 1.54) is 39.5 Å². The molecule has 6 rings (SSSR count). The molecule has 276 valence electrons. The van der Waals surface area contributed by atoms with Crippen LogP contribution in [0.15, 0.2) is 152 Å². The van der Waals surface area contributed by atoms with Crippen molar-refractivity contribution in [1.82, 2.24) is 0 Å². The third kappa shape index (κ3) is 11.9. The summed E-state index contributed by atoms with van der Waals surface area (Å²) < 4.78 is 4.52. The minimum Gasteiger partial charge on any atom is -0.370 e. The molecule has 5 aromatic rings. The van der Waals surface area contributed by atoms with Crippen molar-refractivity contribution < 1.29 is 9.13 Å². The van der Waals surface area contributed by atoms with Crippen molar-refractivity contribution in [3.63, 3.8) is 0 Å². The Labute approximate surface area is 331 Å². The zero-order chi connectivity index (χ0) is 37.2. The zero-order valence-electron chi connectivity index (χ0n) is 31.8. The molecule has 2 aromatic heterocycles. The van der Waals surface area contributed by atoms with E-state index in [0.717, 1.165) is 57.2 Å².